The summed E-state index contributed by atoms with van der Waals surface area (Å²) >= 11 is 0. The van der Waals surface area contributed by atoms with Crippen LogP contribution in [0.4, 0.5) is 13.2 Å². The van der Waals surface area contributed by atoms with Crippen LogP contribution >= 0.6 is 0 Å². The van der Waals surface area contributed by atoms with Gasteiger partial charge in [-0.25, -0.2) is 4.68 Å². The van der Waals surface area contributed by atoms with Gasteiger partial charge in [0.2, 0.25) is 0 Å². The van der Waals surface area contributed by atoms with Gasteiger partial charge in [0, 0.05) is 13.2 Å². The number of nitrogens with zero attached hydrogens (tertiary/aromatic N) is 4. The van der Waals surface area contributed by atoms with Gasteiger partial charge in [-0.05, 0) is 12.1 Å². The molecule has 0 radical (unpaired) electrons. The van der Waals surface area contributed by atoms with Crippen LogP contribution in [0.15, 0.2) is 24.4 Å². The molecule has 0 N–H and O–H groups in total. The highest BCUT2D eigenvalue weighted by Crippen LogP contribution is 2.33. The molecule has 0 aliphatic carbocycles. The average Bonchev–Trinajstić information content (AvgIpc) is 2.61. The molecule has 2 aromatic heterocycles. The average molecular weight is 228 g/mol. The van der Waals surface area contributed by atoms with Gasteiger partial charge in [-0.3, -0.25) is 4.98 Å². The lowest BCUT2D eigenvalue weighted by atomic mass is 10.2. The number of alkyl halides is 3. The molecule has 7 heteroatoms. The third kappa shape index (κ3) is 1.75. The van der Waals surface area contributed by atoms with E-state index in [4.69, 9.17) is 0 Å². The van der Waals surface area contributed by atoms with Crippen molar-refractivity contribution in [3.63, 3.8) is 0 Å². The number of hydrogen-bond donors (Lipinski definition) is 0. The predicted molar refractivity (Wildman–Crippen MR) is 49.2 cm³/mol. The molecular formula is C9H7F3N4. The second-order valence-electron chi connectivity index (χ2n) is 3.12. The maximum Gasteiger partial charge on any atom is 0.437 e. The van der Waals surface area contributed by atoms with Gasteiger partial charge < -0.3 is 0 Å². The second kappa shape index (κ2) is 3.58. The Morgan fingerprint density at radius 1 is 1.25 bits per heavy atom. The molecule has 2 aromatic rings. The first-order valence-electron chi connectivity index (χ1n) is 4.38. The molecule has 16 heavy (non-hydrogen) atoms. The van der Waals surface area contributed by atoms with E-state index < -0.39 is 11.9 Å². The summed E-state index contributed by atoms with van der Waals surface area (Å²) in [7, 11) is 1.40. The van der Waals surface area contributed by atoms with E-state index in [0.29, 0.717) is 0 Å². The van der Waals surface area contributed by atoms with E-state index in [1.807, 2.05) is 0 Å². The Morgan fingerprint density at radius 3 is 2.56 bits per heavy atom. The molecule has 0 amide bonds. The van der Waals surface area contributed by atoms with E-state index in [2.05, 4.69) is 15.3 Å². The Balaban J connectivity index is 2.61. The van der Waals surface area contributed by atoms with Crippen molar-refractivity contribution in [2.45, 2.75) is 6.18 Å². The van der Waals surface area contributed by atoms with Crippen LogP contribution in [0.2, 0.25) is 0 Å². The molecule has 0 bridgehead atoms. The normalized spacial score (nSPS) is 11.8. The van der Waals surface area contributed by atoms with Gasteiger partial charge in [-0.1, -0.05) is 11.3 Å². The first-order chi connectivity index (χ1) is 7.50. The zero-order valence-corrected chi connectivity index (χ0v) is 8.23. The first kappa shape index (κ1) is 10.6. The molecule has 84 valence electrons. The highest BCUT2D eigenvalue weighted by Gasteiger charge is 2.38. The number of aryl methyl sites for hydroxylation is 1. The Morgan fingerprint density at radius 2 is 2.00 bits per heavy atom. The SMILES string of the molecule is Cn1nnc(C(F)(F)F)c1-c1ccccn1. The number of halogens is 3. The molecule has 0 saturated heterocycles. The van der Waals surface area contributed by atoms with E-state index in [0.717, 1.165) is 4.68 Å². The molecule has 0 aliphatic rings. The lowest BCUT2D eigenvalue weighted by Crippen LogP contribution is -2.08. The molecule has 0 spiro atoms. The zero-order chi connectivity index (χ0) is 11.8. The van der Waals surface area contributed by atoms with Crippen molar-refractivity contribution < 1.29 is 13.2 Å². The molecular weight excluding hydrogens is 221 g/mol. The summed E-state index contributed by atoms with van der Waals surface area (Å²) in [6.07, 6.45) is -3.11. The summed E-state index contributed by atoms with van der Waals surface area (Å²) in [5.74, 6) is 0. The molecule has 0 fully saturated rings. The fraction of sp³-hybridized carbons (Fsp3) is 0.222. The molecule has 2 heterocycles. The van der Waals surface area contributed by atoms with Gasteiger partial charge in [0.25, 0.3) is 0 Å². The van der Waals surface area contributed by atoms with Crippen LogP contribution in [0.5, 0.6) is 0 Å². The summed E-state index contributed by atoms with van der Waals surface area (Å²) in [4.78, 5) is 3.86. The largest absolute Gasteiger partial charge is 0.437 e. The zero-order valence-electron chi connectivity index (χ0n) is 8.23. The van der Waals surface area contributed by atoms with Crippen LogP contribution in [-0.4, -0.2) is 20.0 Å². The highest BCUT2D eigenvalue weighted by atomic mass is 19.4. The van der Waals surface area contributed by atoms with Gasteiger partial charge in [-0.2, -0.15) is 13.2 Å². The third-order valence-corrected chi connectivity index (χ3v) is 2.00. The Labute approximate surface area is 88.7 Å². The minimum atomic E-state index is -4.53. The van der Waals surface area contributed by atoms with Crippen LogP contribution in [0.25, 0.3) is 11.4 Å². The maximum atomic E-state index is 12.6. The van der Waals surface area contributed by atoms with Crippen molar-refractivity contribution in [1.82, 2.24) is 20.0 Å². The van der Waals surface area contributed by atoms with Gasteiger partial charge in [0.15, 0.2) is 5.69 Å². The van der Waals surface area contributed by atoms with Crippen molar-refractivity contribution in [1.29, 1.82) is 0 Å². The third-order valence-electron chi connectivity index (χ3n) is 2.00. The molecule has 0 aromatic carbocycles. The van der Waals surface area contributed by atoms with Crippen molar-refractivity contribution in [2.75, 3.05) is 0 Å². The molecule has 4 nitrogen and oxygen atoms in total. The molecule has 0 unspecified atom stereocenters. The van der Waals surface area contributed by atoms with E-state index in [1.165, 1.54) is 19.3 Å². The van der Waals surface area contributed by atoms with E-state index in [1.54, 1.807) is 12.1 Å². The Bertz CT molecular complexity index is 489. The highest BCUT2D eigenvalue weighted by molar-refractivity contribution is 5.57. The summed E-state index contributed by atoms with van der Waals surface area (Å²) in [6, 6.07) is 4.71. The number of hydrogen-bond acceptors (Lipinski definition) is 3. The van der Waals surface area contributed by atoms with Gasteiger partial charge in [0.1, 0.15) is 5.69 Å². The van der Waals surface area contributed by atoms with E-state index in [-0.39, 0.29) is 11.4 Å². The molecule has 0 saturated carbocycles. The van der Waals surface area contributed by atoms with Crippen LogP contribution in [0.1, 0.15) is 5.69 Å². The van der Waals surface area contributed by atoms with Gasteiger partial charge in [0.05, 0.1) is 5.69 Å². The first-order valence-corrected chi connectivity index (χ1v) is 4.38. The van der Waals surface area contributed by atoms with Crippen molar-refractivity contribution >= 4 is 0 Å². The minimum Gasteiger partial charge on any atom is -0.255 e. The molecule has 0 atom stereocenters. The number of rotatable bonds is 1. The van der Waals surface area contributed by atoms with E-state index >= 15 is 0 Å². The van der Waals surface area contributed by atoms with Crippen molar-refractivity contribution in [3.8, 4) is 11.4 Å². The quantitative estimate of drug-likeness (QED) is 0.748. The molecule has 0 aliphatic heterocycles. The summed E-state index contributed by atoms with van der Waals surface area (Å²) in [5.41, 5.74) is -0.955. The monoisotopic (exact) mass is 228 g/mol. The minimum absolute atomic E-state index is 0.131. The van der Waals surface area contributed by atoms with Gasteiger partial charge in [-0.15, -0.1) is 5.10 Å². The van der Waals surface area contributed by atoms with Crippen LogP contribution < -0.4 is 0 Å². The number of pyridine rings is 1. The second-order valence-corrected chi connectivity index (χ2v) is 3.12. The van der Waals surface area contributed by atoms with Crippen LogP contribution in [-0.2, 0) is 13.2 Å². The van der Waals surface area contributed by atoms with Crippen molar-refractivity contribution in [2.24, 2.45) is 7.05 Å². The van der Waals surface area contributed by atoms with E-state index in [9.17, 15) is 13.2 Å². The Kier molecular flexibility index (Phi) is 2.37. The summed E-state index contributed by atoms with van der Waals surface area (Å²) < 4.78 is 38.9. The maximum absolute atomic E-state index is 12.6. The number of aromatic nitrogens is 4. The summed E-state index contributed by atoms with van der Waals surface area (Å²) in [6.45, 7) is 0. The van der Waals surface area contributed by atoms with Gasteiger partial charge >= 0.3 is 6.18 Å². The fourth-order valence-electron chi connectivity index (χ4n) is 1.34. The van der Waals surface area contributed by atoms with Crippen molar-refractivity contribution in [3.05, 3.63) is 30.1 Å². The standard InChI is InChI=1S/C9H7F3N4/c1-16-7(6-4-2-3-5-13-6)8(14-15-16)9(10,11)12/h2-5H,1H3. The lowest BCUT2D eigenvalue weighted by molar-refractivity contribution is -0.140. The lowest BCUT2D eigenvalue weighted by Gasteiger charge is -2.06. The Hall–Kier alpha value is -1.92. The topological polar surface area (TPSA) is 43.6 Å². The fourth-order valence-corrected chi connectivity index (χ4v) is 1.34. The van der Waals surface area contributed by atoms with Crippen LogP contribution in [0, 0.1) is 0 Å². The molecule has 2 rings (SSSR count). The predicted octanol–water partition coefficient (Wildman–Crippen LogP) is 1.90. The smallest absolute Gasteiger partial charge is 0.255 e. The summed E-state index contributed by atoms with van der Waals surface area (Å²) in [5, 5.41) is 6.48. The van der Waals surface area contributed by atoms with Crippen LogP contribution in [0.3, 0.4) is 0 Å².